The molecule has 0 saturated heterocycles. The van der Waals surface area contributed by atoms with E-state index in [9.17, 15) is 0 Å². The van der Waals surface area contributed by atoms with E-state index in [-0.39, 0.29) is 0 Å². The first-order valence-electron chi connectivity index (χ1n) is 8.56. The smallest absolute Gasteiger partial charge is 0.0385 e. The Morgan fingerprint density at radius 3 is 2.30 bits per heavy atom. The molecular formula is C18H32N2. The van der Waals surface area contributed by atoms with Crippen LogP contribution in [0, 0.1) is 5.92 Å². The fraction of sp³-hybridized carbons (Fsp3) is 0.778. The number of rotatable bonds is 8. The summed E-state index contributed by atoms with van der Waals surface area (Å²) in [6, 6.07) is 0. The first kappa shape index (κ1) is 17.1. The number of aliphatic imine (C=N–C) groups is 2. The van der Waals surface area contributed by atoms with Crippen molar-refractivity contribution >= 4 is 12.4 Å². The van der Waals surface area contributed by atoms with Crippen molar-refractivity contribution in [3.8, 4) is 0 Å². The standard InChI is InChI=1S/C18H32N2/c1-2-19-15-11-7-8-12-16-20-17-18-13-9-5-3-4-6-10-14-18/h2,15,17-18H,1,3-14,16H2/b19-15+,20-17+. The van der Waals surface area contributed by atoms with Crippen LogP contribution in [0.15, 0.2) is 22.8 Å². The van der Waals surface area contributed by atoms with Gasteiger partial charge < -0.3 is 0 Å². The van der Waals surface area contributed by atoms with Crippen LogP contribution in [0.25, 0.3) is 0 Å². The SMILES string of the molecule is C=C/N=C/CCCCC/N=C/C1CCCCCCCC1. The van der Waals surface area contributed by atoms with Gasteiger partial charge in [0.05, 0.1) is 0 Å². The molecule has 1 saturated carbocycles. The first-order valence-corrected chi connectivity index (χ1v) is 8.56. The Labute approximate surface area is 125 Å². The van der Waals surface area contributed by atoms with E-state index in [1.165, 1.54) is 70.6 Å². The Balaban J connectivity index is 2.03. The van der Waals surface area contributed by atoms with Crippen molar-refractivity contribution in [2.45, 2.75) is 77.0 Å². The van der Waals surface area contributed by atoms with Crippen molar-refractivity contribution in [1.29, 1.82) is 0 Å². The monoisotopic (exact) mass is 276 g/mol. The molecule has 0 amide bonds. The second-order valence-corrected chi connectivity index (χ2v) is 5.88. The zero-order valence-electron chi connectivity index (χ0n) is 13.1. The van der Waals surface area contributed by atoms with Crippen molar-refractivity contribution in [3.05, 3.63) is 12.8 Å². The maximum Gasteiger partial charge on any atom is 0.0385 e. The highest BCUT2D eigenvalue weighted by Gasteiger charge is 2.07. The molecule has 0 radical (unpaired) electrons. The molecule has 0 heterocycles. The Hall–Kier alpha value is -0.920. The predicted octanol–water partition coefficient (Wildman–Crippen LogP) is 5.58. The van der Waals surface area contributed by atoms with Crippen molar-refractivity contribution in [3.63, 3.8) is 0 Å². The normalized spacial score (nSPS) is 19.0. The lowest BCUT2D eigenvalue weighted by Crippen LogP contribution is -2.02. The van der Waals surface area contributed by atoms with Crippen LogP contribution < -0.4 is 0 Å². The van der Waals surface area contributed by atoms with E-state index in [1.54, 1.807) is 6.20 Å². The third kappa shape index (κ3) is 9.94. The molecule has 0 aromatic carbocycles. The number of nitrogens with zero attached hydrogens (tertiary/aromatic N) is 2. The summed E-state index contributed by atoms with van der Waals surface area (Å²) in [7, 11) is 0. The van der Waals surface area contributed by atoms with Gasteiger partial charge in [0.25, 0.3) is 0 Å². The third-order valence-corrected chi connectivity index (χ3v) is 4.05. The minimum atomic E-state index is 0.757. The second-order valence-electron chi connectivity index (χ2n) is 5.88. The lowest BCUT2D eigenvalue weighted by Gasteiger charge is -2.09. The van der Waals surface area contributed by atoms with Crippen LogP contribution in [0.5, 0.6) is 0 Å². The molecule has 0 aromatic heterocycles. The summed E-state index contributed by atoms with van der Waals surface area (Å²) in [6.07, 6.45) is 21.8. The van der Waals surface area contributed by atoms with Crippen LogP contribution in [-0.2, 0) is 0 Å². The van der Waals surface area contributed by atoms with Crippen molar-refractivity contribution < 1.29 is 0 Å². The first-order chi connectivity index (χ1) is 9.93. The summed E-state index contributed by atoms with van der Waals surface area (Å²) in [5.41, 5.74) is 0. The van der Waals surface area contributed by atoms with Crippen molar-refractivity contribution in [2.24, 2.45) is 15.9 Å². The highest BCUT2D eigenvalue weighted by molar-refractivity contribution is 5.60. The van der Waals surface area contributed by atoms with Crippen LogP contribution >= 0.6 is 0 Å². The van der Waals surface area contributed by atoms with Gasteiger partial charge in [-0.15, -0.1) is 0 Å². The average Bonchev–Trinajstić information content (AvgIpc) is 2.59. The summed E-state index contributed by atoms with van der Waals surface area (Å²) in [5.74, 6) is 0.757. The minimum Gasteiger partial charge on any atom is -0.297 e. The van der Waals surface area contributed by atoms with Crippen LogP contribution in [0.2, 0.25) is 0 Å². The van der Waals surface area contributed by atoms with Crippen molar-refractivity contribution in [2.75, 3.05) is 6.54 Å². The molecule has 0 spiro atoms. The van der Waals surface area contributed by atoms with E-state index >= 15 is 0 Å². The molecule has 0 aromatic rings. The van der Waals surface area contributed by atoms with E-state index in [2.05, 4.69) is 22.8 Å². The van der Waals surface area contributed by atoms with Gasteiger partial charge in [0.1, 0.15) is 0 Å². The summed E-state index contributed by atoms with van der Waals surface area (Å²) in [6.45, 7) is 4.57. The van der Waals surface area contributed by atoms with Crippen LogP contribution in [0.4, 0.5) is 0 Å². The molecule has 2 heteroatoms. The molecule has 2 nitrogen and oxygen atoms in total. The van der Waals surface area contributed by atoms with Crippen LogP contribution in [-0.4, -0.2) is 19.0 Å². The Kier molecular flexibility index (Phi) is 11.2. The number of hydrogen-bond donors (Lipinski definition) is 0. The maximum absolute atomic E-state index is 4.66. The topological polar surface area (TPSA) is 24.7 Å². The van der Waals surface area contributed by atoms with E-state index in [0.29, 0.717) is 0 Å². The van der Waals surface area contributed by atoms with Gasteiger partial charge in [-0.3, -0.25) is 9.98 Å². The molecule has 1 aliphatic rings. The van der Waals surface area contributed by atoms with Gasteiger partial charge in [0.2, 0.25) is 0 Å². The van der Waals surface area contributed by atoms with Crippen LogP contribution in [0.1, 0.15) is 77.0 Å². The minimum absolute atomic E-state index is 0.757. The van der Waals surface area contributed by atoms with Gasteiger partial charge >= 0.3 is 0 Å². The van der Waals surface area contributed by atoms with E-state index in [0.717, 1.165) is 18.9 Å². The molecule has 0 bridgehead atoms. The van der Waals surface area contributed by atoms with E-state index in [1.807, 2.05) is 6.21 Å². The Morgan fingerprint density at radius 1 is 0.900 bits per heavy atom. The van der Waals surface area contributed by atoms with E-state index in [4.69, 9.17) is 0 Å². The highest BCUT2D eigenvalue weighted by Crippen LogP contribution is 2.20. The van der Waals surface area contributed by atoms with Gasteiger partial charge in [-0.05, 0) is 38.0 Å². The average molecular weight is 276 g/mol. The Morgan fingerprint density at radius 2 is 1.60 bits per heavy atom. The molecule has 0 aliphatic heterocycles. The highest BCUT2D eigenvalue weighted by atomic mass is 14.7. The van der Waals surface area contributed by atoms with Gasteiger partial charge in [-0.2, -0.15) is 0 Å². The van der Waals surface area contributed by atoms with Gasteiger partial charge in [-0.1, -0.05) is 51.5 Å². The largest absolute Gasteiger partial charge is 0.297 e. The molecular weight excluding hydrogens is 244 g/mol. The summed E-state index contributed by atoms with van der Waals surface area (Å²) in [5, 5.41) is 0. The van der Waals surface area contributed by atoms with Gasteiger partial charge in [-0.25, -0.2) is 0 Å². The van der Waals surface area contributed by atoms with E-state index < -0.39 is 0 Å². The molecule has 20 heavy (non-hydrogen) atoms. The molecule has 0 atom stereocenters. The zero-order chi connectivity index (χ0) is 14.3. The lowest BCUT2D eigenvalue weighted by molar-refractivity contribution is 0.543. The molecule has 1 rings (SSSR count). The van der Waals surface area contributed by atoms with Gasteiger partial charge in [0, 0.05) is 25.2 Å². The van der Waals surface area contributed by atoms with Crippen molar-refractivity contribution in [1.82, 2.24) is 0 Å². The zero-order valence-corrected chi connectivity index (χ0v) is 13.1. The fourth-order valence-electron chi connectivity index (χ4n) is 2.80. The summed E-state index contributed by atoms with van der Waals surface area (Å²) in [4.78, 5) is 8.66. The summed E-state index contributed by atoms with van der Waals surface area (Å²) < 4.78 is 0. The van der Waals surface area contributed by atoms with Crippen LogP contribution in [0.3, 0.4) is 0 Å². The number of hydrogen-bond acceptors (Lipinski definition) is 2. The molecule has 1 fully saturated rings. The lowest BCUT2D eigenvalue weighted by atomic mass is 9.98. The predicted molar refractivity (Wildman–Crippen MR) is 90.9 cm³/mol. The van der Waals surface area contributed by atoms with Gasteiger partial charge in [0.15, 0.2) is 0 Å². The molecule has 0 N–H and O–H groups in total. The fourth-order valence-corrected chi connectivity index (χ4v) is 2.80. The number of unbranched alkanes of at least 4 members (excludes halogenated alkanes) is 3. The molecule has 0 unspecified atom stereocenters. The molecule has 114 valence electrons. The summed E-state index contributed by atoms with van der Waals surface area (Å²) >= 11 is 0. The quantitative estimate of drug-likeness (QED) is 0.408. The maximum atomic E-state index is 4.66. The molecule has 1 aliphatic carbocycles. The Bertz CT molecular complexity index is 271. The third-order valence-electron chi connectivity index (χ3n) is 4.05. The second kappa shape index (κ2) is 13.1.